The van der Waals surface area contributed by atoms with Crippen LogP contribution in [0.25, 0.3) is 11.5 Å². The third-order valence-electron chi connectivity index (χ3n) is 4.56. The van der Waals surface area contributed by atoms with E-state index in [9.17, 15) is 22.8 Å². The number of fused-ring (bicyclic) bond motifs is 1. The number of alkyl halides is 3. The van der Waals surface area contributed by atoms with Crippen LogP contribution in [0, 0.1) is 5.92 Å². The highest BCUT2D eigenvalue weighted by molar-refractivity contribution is 5.92. The van der Waals surface area contributed by atoms with E-state index in [1.807, 2.05) is 0 Å². The van der Waals surface area contributed by atoms with Gasteiger partial charge in [-0.15, -0.1) is 10.2 Å². The molecular weight excluding hydrogens is 367 g/mol. The zero-order chi connectivity index (χ0) is 19.2. The van der Waals surface area contributed by atoms with E-state index in [2.05, 4.69) is 20.4 Å². The lowest BCUT2D eigenvalue weighted by Gasteiger charge is -2.32. The van der Waals surface area contributed by atoms with Crippen LogP contribution in [0.2, 0.25) is 0 Å². The van der Waals surface area contributed by atoms with E-state index in [0.29, 0.717) is 5.52 Å². The van der Waals surface area contributed by atoms with Crippen molar-refractivity contribution in [3.63, 3.8) is 0 Å². The summed E-state index contributed by atoms with van der Waals surface area (Å²) in [6.45, 7) is 0.000555. The Kier molecular flexibility index (Phi) is 3.97. The minimum absolute atomic E-state index is 0.000277. The lowest BCUT2D eigenvalue weighted by atomic mass is 9.96. The van der Waals surface area contributed by atoms with Crippen LogP contribution in [-0.2, 0) is 0 Å². The van der Waals surface area contributed by atoms with E-state index in [4.69, 9.17) is 0 Å². The number of piperidine rings is 1. The summed E-state index contributed by atoms with van der Waals surface area (Å²) in [6.07, 6.45) is -1.65. The van der Waals surface area contributed by atoms with Crippen LogP contribution in [-0.4, -0.2) is 59.7 Å². The molecule has 0 radical (unpaired) electrons. The van der Waals surface area contributed by atoms with Crippen molar-refractivity contribution in [3.05, 3.63) is 40.6 Å². The standard InChI is InChI=1S/C15H14F3N7O2/c16-15(17,18)9-3-6-23(7-4-9)13(27)10-8-25(22-20-10)14-19-12(26)11-2-1-5-24(11)21-14/h1-2,5,8-9H,3-4,6-7H2,(H,19,21,26). The molecule has 27 heavy (non-hydrogen) atoms. The van der Waals surface area contributed by atoms with Crippen LogP contribution in [0.1, 0.15) is 23.3 Å². The topological polar surface area (TPSA) is 101 Å². The van der Waals surface area contributed by atoms with E-state index >= 15 is 0 Å². The lowest BCUT2D eigenvalue weighted by molar-refractivity contribution is -0.183. The van der Waals surface area contributed by atoms with Gasteiger partial charge in [-0.1, -0.05) is 5.21 Å². The minimum Gasteiger partial charge on any atom is -0.337 e. The molecule has 4 rings (SSSR count). The number of likely N-dealkylation sites (tertiary alicyclic amines) is 1. The highest BCUT2D eigenvalue weighted by Crippen LogP contribution is 2.34. The van der Waals surface area contributed by atoms with E-state index < -0.39 is 18.0 Å². The average molecular weight is 381 g/mol. The number of carbonyl (C=O) groups excluding carboxylic acids is 1. The van der Waals surface area contributed by atoms with Crippen LogP contribution in [0.15, 0.2) is 29.3 Å². The molecule has 142 valence electrons. The fraction of sp³-hybridized carbons (Fsp3) is 0.400. The average Bonchev–Trinajstić information content (AvgIpc) is 3.30. The molecule has 0 aromatic carbocycles. The number of hydrogen-bond acceptors (Lipinski definition) is 5. The van der Waals surface area contributed by atoms with E-state index in [-0.39, 0.29) is 43.1 Å². The van der Waals surface area contributed by atoms with Gasteiger partial charge in [-0.3, -0.25) is 14.6 Å². The van der Waals surface area contributed by atoms with Gasteiger partial charge in [-0.05, 0) is 25.0 Å². The fourth-order valence-corrected chi connectivity index (χ4v) is 3.07. The molecule has 0 aliphatic carbocycles. The van der Waals surface area contributed by atoms with Gasteiger partial charge in [0.2, 0.25) is 0 Å². The molecule has 1 aliphatic rings. The quantitative estimate of drug-likeness (QED) is 0.714. The SMILES string of the molecule is O=C(c1cn(-c2nn3cccc3c(=O)[nH]2)nn1)N1CCC(C(F)(F)F)CC1. The molecule has 1 fully saturated rings. The zero-order valence-corrected chi connectivity index (χ0v) is 13.8. The van der Waals surface area contributed by atoms with Crippen molar-refractivity contribution in [2.24, 2.45) is 5.92 Å². The first kappa shape index (κ1) is 17.2. The summed E-state index contributed by atoms with van der Waals surface area (Å²) < 4.78 is 40.7. The molecule has 3 aromatic heterocycles. The number of hydrogen-bond donors (Lipinski definition) is 1. The predicted octanol–water partition coefficient (Wildman–Crippen LogP) is 1.02. The molecule has 1 amide bonds. The number of nitrogens with zero attached hydrogens (tertiary/aromatic N) is 6. The second-order valence-corrected chi connectivity index (χ2v) is 6.27. The molecule has 1 aliphatic heterocycles. The number of H-pyrrole nitrogens is 1. The van der Waals surface area contributed by atoms with Gasteiger partial charge in [-0.25, -0.2) is 4.52 Å². The Morgan fingerprint density at radius 1 is 1.26 bits per heavy atom. The summed E-state index contributed by atoms with van der Waals surface area (Å²) >= 11 is 0. The molecule has 12 heteroatoms. The molecule has 4 heterocycles. The third-order valence-corrected chi connectivity index (χ3v) is 4.56. The number of halogens is 3. The van der Waals surface area contributed by atoms with Crippen LogP contribution in [0.3, 0.4) is 0 Å². The Bertz CT molecular complexity index is 1040. The fourth-order valence-electron chi connectivity index (χ4n) is 3.07. The molecule has 0 saturated carbocycles. The van der Waals surface area contributed by atoms with Gasteiger partial charge in [0.25, 0.3) is 17.4 Å². The van der Waals surface area contributed by atoms with Gasteiger partial charge in [0.15, 0.2) is 5.69 Å². The van der Waals surface area contributed by atoms with Crippen molar-refractivity contribution < 1.29 is 18.0 Å². The van der Waals surface area contributed by atoms with Crippen LogP contribution < -0.4 is 5.56 Å². The first-order valence-electron chi connectivity index (χ1n) is 8.19. The summed E-state index contributed by atoms with van der Waals surface area (Å²) in [5.41, 5.74) is -0.0685. The van der Waals surface area contributed by atoms with E-state index in [0.717, 1.165) is 4.68 Å². The highest BCUT2D eigenvalue weighted by Gasteiger charge is 2.42. The molecule has 1 N–H and O–H groups in total. The third kappa shape index (κ3) is 3.17. The molecule has 3 aromatic rings. The van der Waals surface area contributed by atoms with Crippen LogP contribution in [0.4, 0.5) is 13.2 Å². The molecular formula is C15H14F3N7O2. The lowest BCUT2D eigenvalue weighted by Crippen LogP contribution is -2.42. The number of nitrogens with one attached hydrogen (secondary N) is 1. The normalized spacial score (nSPS) is 16.2. The van der Waals surface area contributed by atoms with Gasteiger partial charge in [-0.2, -0.15) is 17.9 Å². The van der Waals surface area contributed by atoms with Crippen molar-refractivity contribution in [1.29, 1.82) is 0 Å². The maximum absolute atomic E-state index is 12.7. The van der Waals surface area contributed by atoms with Crippen LogP contribution in [0.5, 0.6) is 0 Å². The highest BCUT2D eigenvalue weighted by atomic mass is 19.4. The second kappa shape index (κ2) is 6.21. The predicted molar refractivity (Wildman–Crippen MR) is 85.4 cm³/mol. The maximum atomic E-state index is 12.7. The number of amides is 1. The summed E-state index contributed by atoms with van der Waals surface area (Å²) in [7, 11) is 0. The zero-order valence-electron chi connectivity index (χ0n) is 13.8. The van der Waals surface area contributed by atoms with Crippen molar-refractivity contribution in [2.45, 2.75) is 19.0 Å². The minimum atomic E-state index is -4.24. The van der Waals surface area contributed by atoms with Gasteiger partial charge >= 0.3 is 6.18 Å². The monoisotopic (exact) mass is 381 g/mol. The summed E-state index contributed by atoms with van der Waals surface area (Å²) in [5, 5.41) is 11.7. The summed E-state index contributed by atoms with van der Waals surface area (Å²) in [6, 6.07) is 3.25. The Hall–Kier alpha value is -3.18. The van der Waals surface area contributed by atoms with E-state index in [1.54, 1.807) is 18.3 Å². The molecule has 1 saturated heterocycles. The summed E-state index contributed by atoms with van der Waals surface area (Å²) in [5.74, 6) is -1.84. The first-order chi connectivity index (χ1) is 12.8. The Labute approximate surface area is 149 Å². The maximum Gasteiger partial charge on any atom is 0.391 e. The smallest absolute Gasteiger partial charge is 0.337 e. The van der Waals surface area contributed by atoms with Gasteiger partial charge < -0.3 is 4.90 Å². The van der Waals surface area contributed by atoms with Gasteiger partial charge in [0.1, 0.15) is 5.52 Å². The molecule has 0 bridgehead atoms. The van der Waals surface area contributed by atoms with E-state index in [1.165, 1.54) is 15.6 Å². The Balaban J connectivity index is 1.52. The van der Waals surface area contributed by atoms with Gasteiger partial charge in [0.05, 0.1) is 12.1 Å². The van der Waals surface area contributed by atoms with Crippen molar-refractivity contribution in [2.75, 3.05) is 13.1 Å². The van der Waals surface area contributed by atoms with Crippen molar-refractivity contribution >= 4 is 11.4 Å². The van der Waals surface area contributed by atoms with Crippen molar-refractivity contribution in [1.82, 2.24) is 34.5 Å². The van der Waals surface area contributed by atoms with Crippen molar-refractivity contribution in [3.8, 4) is 5.95 Å². The molecule has 9 nitrogen and oxygen atoms in total. The second-order valence-electron chi connectivity index (χ2n) is 6.27. The first-order valence-corrected chi connectivity index (χ1v) is 8.19. The largest absolute Gasteiger partial charge is 0.391 e. The Morgan fingerprint density at radius 2 is 2.00 bits per heavy atom. The number of aromatic amines is 1. The molecule has 0 unspecified atom stereocenters. The summed E-state index contributed by atoms with van der Waals surface area (Å²) in [4.78, 5) is 28.3. The Morgan fingerprint density at radius 3 is 2.70 bits per heavy atom. The molecule has 0 spiro atoms. The molecule has 0 atom stereocenters. The van der Waals surface area contributed by atoms with Crippen LogP contribution >= 0.6 is 0 Å². The van der Waals surface area contributed by atoms with Gasteiger partial charge in [0, 0.05) is 19.3 Å². The number of carbonyl (C=O) groups is 1. The number of aromatic nitrogens is 6. The number of rotatable bonds is 2.